The number of carboxylic acids is 1. The summed E-state index contributed by atoms with van der Waals surface area (Å²) >= 11 is 0. The highest BCUT2D eigenvalue weighted by molar-refractivity contribution is 7.79. The third-order valence-electron chi connectivity index (χ3n) is 7.09. The molecule has 1 aliphatic rings. The van der Waals surface area contributed by atoms with Crippen LogP contribution in [0.4, 0.5) is 11.4 Å². The van der Waals surface area contributed by atoms with Gasteiger partial charge in [-0.3, -0.25) is 24.2 Å². The zero-order valence-electron chi connectivity index (χ0n) is 26.0. The van der Waals surface area contributed by atoms with Gasteiger partial charge in [-0.25, -0.2) is 4.79 Å². The van der Waals surface area contributed by atoms with E-state index in [0.29, 0.717) is 36.0 Å². The lowest BCUT2D eigenvalue weighted by atomic mass is 9.89. The minimum atomic E-state index is -4.67. The largest absolute Gasteiger partial charge is 0.482 e. The number of nitrogens with two attached hydrogens (primary N) is 1. The first-order chi connectivity index (χ1) is 21.8. The average Bonchev–Trinajstić information content (AvgIpc) is 3.00. The Kier molecular flexibility index (Phi) is 16.9. The molecule has 1 aliphatic heterocycles. The lowest BCUT2D eigenvalue weighted by Crippen LogP contribution is -2.34. The molecular weight excluding hydrogens is 648 g/mol. The topological polar surface area (TPSA) is 293 Å². The van der Waals surface area contributed by atoms with Crippen LogP contribution in [-0.2, 0) is 26.5 Å². The highest BCUT2D eigenvalue weighted by Gasteiger charge is 2.20. The van der Waals surface area contributed by atoms with Crippen LogP contribution in [0.25, 0.3) is 0 Å². The Morgan fingerprint density at radius 3 is 2.23 bits per heavy atom. The van der Waals surface area contributed by atoms with E-state index in [2.05, 4.69) is 22.3 Å². The number of amides is 1. The molecule has 3 aromatic rings. The molecule has 3 aromatic carbocycles. The molecule has 0 aromatic heterocycles. The summed E-state index contributed by atoms with van der Waals surface area (Å²) in [6, 6.07) is 22.2. The predicted octanol–water partition coefficient (Wildman–Crippen LogP) is 1.61. The van der Waals surface area contributed by atoms with E-state index in [1.165, 1.54) is 11.8 Å². The maximum atomic E-state index is 13.2. The van der Waals surface area contributed by atoms with Crippen molar-refractivity contribution in [2.45, 2.75) is 25.3 Å². The number of rotatable bonds is 13. The van der Waals surface area contributed by atoms with Crippen LogP contribution in [0, 0.1) is 10.8 Å². The number of anilines is 2. The Bertz CT molecular complexity index is 1610. The summed E-state index contributed by atoms with van der Waals surface area (Å²) in [5.41, 5.74) is 9.76. The molecule has 0 unspecified atom stereocenters. The maximum Gasteiger partial charge on any atom is 0.394 e. The molecule has 0 atom stereocenters. The predicted molar refractivity (Wildman–Crippen MR) is 182 cm³/mol. The van der Waals surface area contributed by atoms with Crippen molar-refractivity contribution in [2.24, 2.45) is 5.73 Å². The van der Waals surface area contributed by atoms with Crippen LogP contribution in [0.3, 0.4) is 0 Å². The smallest absolute Gasteiger partial charge is 0.394 e. The SMILES string of the molecule is N=CCN1CCC(c2ccc(NC(=O)CN(Cc3cccc(OCC(=O)O)c3)c3cccc(C(=N)N)c3)cc2)CC1.O.O.O=S(=O)(O)O. The number of nitrogens with one attached hydrogen (secondary N) is 3. The van der Waals surface area contributed by atoms with Crippen molar-refractivity contribution in [3.05, 3.63) is 89.5 Å². The number of benzene rings is 3. The lowest BCUT2D eigenvalue weighted by molar-refractivity contribution is -0.139. The van der Waals surface area contributed by atoms with Gasteiger partial charge >= 0.3 is 16.4 Å². The molecule has 0 bridgehead atoms. The van der Waals surface area contributed by atoms with Crippen molar-refractivity contribution >= 4 is 45.7 Å². The van der Waals surface area contributed by atoms with E-state index in [0.717, 1.165) is 37.2 Å². The second-order valence-electron chi connectivity index (χ2n) is 10.5. The number of likely N-dealkylation sites (tertiary alicyclic amines) is 1. The Morgan fingerprint density at radius 1 is 1.02 bits per heavy atom. The summed E-state index contributed by atoms with van der Waals surface area (Å²) in [5, 5.41) is 27.0. The van der Waals surface area contributed by atoms with Crippen molar-refractivity contribution in [3.8, 4) is 5.75 Å². The molecule has 0 spiro atoms. The molecule has 1 amide bonds. The molecule has 17 heteroatoms. The van der Waals surface area contributed by atoms with Crippen molar-refractivity contribution in [1.29, 1.82) is 10.8 Å². The summed E-state index contributed by atoms with van der Waals surface area (Å²) in [4.78, 5) is 28.3. The molecule has 0 aliphatic carbocycles. The fourth-order valence-corrected chi connectivity index (χ4v) is 5.00. The van der Waals surface area contributed by atoms with Gasteiger partial charge < -0.3 is 42.2 Å². The number of amidine groups is 1. The van der Waals surface area contributed by atoms with Crippen LogP contribution in [0.2, 0.25) is 0 Å². The van der Waals surface area contributed by atoms with Gasteiger partial charge in [0.05, 0.1) is 6.54 Å². The number of ether oxygens (including phenoxy) is 1. The van der Waals surface area contributed by atoms with Crippen LogP contribution in [-0.4, -0.2) is 95.2 Å². The molecule has 1 fully saturated rings. The summed E-state index contributed by atoms with van der Waals surface area (Å²) in [6.07, 6.45) is 3.56. The molecular formula is C31H42N6O10S. The molecule has 0 saturated carbocycles. The Labute approximate surface area is 278 Å². The van der Waals surface area contributed by atoms with E-state index in [4.69, 9.17) is 43.9 Å². The quantitative estimate of drug-likeness (QED) is 0.0768. The van der Waals surface area contributed by atoms with Crippen molar-refractivity contribution < 1.29 is 47.9 Å². The van der Waals surface area contributed by atoms with Gasteiger partial charge in [-0.2, -0.15) is 8.42 Å². The van der Waals surface area contributed by atoms with Crippen LogP contribution in [0.5, 0.6) is 5.75 Å². The number of hydrogen-bond donors (Lipinski definition) is 7. The molecule has 4 rings (SSSR count). The molecule has 0 radical (unpaired) electrons. The number of carbonyl (C=O) groups is 2. The molecule has 48 heavy (non-hydrogen) atoms. The van der Waals surface area contributed by atoms with Crippen LogP contribution >= 0.6 is 0 Å². The van der Waals surface area contributed by atoms with Gasteiger partial charge in [-0.05, 0) is 79.4 Å². The van der Waals surface area contributed by atoms with Gasteiger partial charge in [0.15, 0.2) is 6.61 Å². The first-order valence-electron chi connectivity index (χ1n) is 14.2. The summed E-state index contributed by atoms with van der Waals surface area (Å²) in [7, 11) is -4.67. The number of nitrogens with zero attached hydrogens (tertiary/aromatic N) is 2. The number of nitrogen functional groups attached to an aromatic ring is 1. The minimum Gasteiger partial charge on any atom is -0.482 e. The first kappa shape index (κ1) is 41.1. The van der Waals surface area contributed by atoms with E-state index in [1.807, 2.05) is 29.2 Å². The monoisotopic (exact) mass is 690 g/mol. The van der Waals surface area contributed by atoms with Crippen molar-refractivity contribution in [3.63, 3.8) is 0 Å². The third-order valence-corrected chi connectivity index (χ3v) is 7.09. The van der Waals surface area contributed by atoms with Gasteiger partial charge in [0.2, 0.25) is 5.91 Å². The lowest BCUT2D eigenvalue weighted by Gasteiger charge is -2.31. The first-order valence-corrected chi connectivity index (χ1v) is 15.6. The standard InChI is InChI=1S/C31H36N6O4.H2O4S.2H2O/c32-13-16-36-14-11-24(12-15-36)23-7-9-26(10-8-23)35-29(38)20-37(27-5-2-4-25(18-27)31(33)34)19-22-3-1-6-28(17-22)41-21-30(39)40;1-5(2,3)4;;/h1-10,13,17-18,24,32H,11-12,14-16,19-21H2,(H3,33,34)(H,35,38)(H,39,40);(H2,1,2,3,4);2*1H2. The number of piperidine rings is 1. The normalized spacial score (nSPS) is 13.0. The van der Waals surface area contributed by atoms with E-state index in [1.54, 1.807) is 36.4 Å². The van der Waals surface area contributed by atoms with Crippen LogP contribution < -0.4 is 20.7 Å². The number of carboxylic acid groups (broad SMARTS) is 1. The second-order valence-corrected chi connectivity index (χ2v) is 11.4. The average molecular weight is 691 g/mol. The number of hydrogen-bond acceptors (Lipinski definition) is 9. The maximum absolute atomic E-state index is 13.2. The van der Waals surface area contributed by atoms with Crippen LogP contribution in [0.15, 0.2) is 72.8 Å². The number of carbonyl (C=O) groups excluding carboxylic acids is 1. The zero-order valence-corrected chi connectivity index (χ0v) is 26.8. The van der Waals surface area contributed by atoms with Crippen molar-refractivity contribution in [1.82, 2.24) is 4.90 Å². The molecule has 1 saturated heterocycles. The van der Waals surface area contributed by atoms with Gasteiger partial charge in [0.1, 0.15) is 11.6 Å². The zero-order chi connectivity index (χ0) is 33.7. The fraction of sp³-hybridized carbons (Fsp3) is 0.290. The highest BCUT2D eigenvalue weighted by atomic mass is 32.3. The molecule has 12 N–H and O–H groups in total. The van der Waals surface area contributed by atoms with Gasteiger partial charge in [-0.15, -0.1) is 0 Å². The third kappa shape index (κ3) is 14.7. The van der Waals surface area contributed by atoms with Crippen LogP contribution in [0.1, 0.15) is 35.4 Å². The summed E-state index contributed by atoms with van der Waals surface area (Å²) in [6.45, 7) is 2.60. The summed E-state index contributed by atoms with van der Waals surface area (Å²) < 4.78 is 36.9. The Hall–Kier alpha value is -4.91. The number of aliphatic carboxylic acids is 1. The van der Waals surface area contributed by atoms with E-state index >= 15 is 0 Å². The Morgan fingerprint density at radius 2 is 1.65 bits per heavy atom. The Balaban J connectivity index is 0.00000153. The second kappa shape index (κ2) is 19.7. The minimum absolute atomic E-state index is 0. The van der Waals surface area contributed by atoms with Gasteiger partial charge in [-0.1, -0.05) is 36.4 Å². The molecule has 1 heterocycles. The molecule has 16 nitrogen and oxygen atoms in total. The highest BCUT2D eigenvalue weighted by Crippen LogP contribution is 2.29. The van der Waals surface area contributed by atoms with E-state index in [-0.39, 0.29) is 29.2 Å². The van der Waals surface area contributed by atoms with Crippen molar-refractivity contribution in [2.75, 3.05) is 43.0 Å². The van der Waals surface area contributed by atoms with Gasteiger partial charge in [0.25, 0.3) is 0 Å². The van der Waals surface area contributed by atoms with E-state index in [9.17, 15) is 9.59 Å². The fourth-order valence-electron chi connectivity index (χ4n) is 5.00. The van der Waals surface area contributed by atoms with Gasteiger partial charge in [0, 0.05) is 36.2 Å². The van der Waals surface area contributed by atoms with E-state index < -0.39 is 23.0 Å². The summed E-state index contributed by atoms with van der Waals surface area (Å²) in [5.74, 6) is -0.439. The molecule has 262 valence electrons.